The van der Waals surface area contributed by atoms with Crippen LogP contribution in [0, 0.1) is 99.7 Å². The maximum atomic E-state index is 15.3. The van der Waals surface area contributed by atoms with Crippen LogP contribution in [-0.4, -0.2) is 6.92 Å². The number of benzene rings is 4. The van der Waals surface area contributed by atoms with E-state index in [9.17, 15) is 26.3 Å². The van der Waals surface area contributed by atoms with E-state index in [4.69, 9.17) is 4.44 Å². The Morgan fingerprint density at radius 3 is 0.907 bits per heavy atom. The number of halogens is 10. The normalized spacial score (nSPS) is 11.8. The molecule has 0 fully saturated rings. The van der Waals surface area contributed by atoms with Gasteiger partial charge in [-0.05, 0) is 63.8 Å². The summed E-state index contributed by atoms with van der Waals surface area (Å²) in [5.74, 6) is -25.2. The second-order valence-corrected chi connectivity index (χ2v) is 12.2. The summed E-state index contributed by atoms with van der Waals surface area (Å²) >= 11 is 0. The molecule has 0 aliphatic rings. The summed E-state index contributed by atoms with van der Waals surface area (Å²) in [6.45, 7) is 5.92. The SMILES string of the molecule is Cc1cc(C)c(P(O[BH-](c2c(F)c(F)c(F)c(F)c2F)c2c(F)c(F)c(F)c(F)c2F)c2c(C)cc(C)cc2C)c(C)c1. The number of aryl methyl sites for hydroxylation is 6. The molecule has 0 unspecified atom stereocenters. The zero-order chi connectivity index (χ0) is 32.2. The highest BCUT2D eigenvalue weighted by molar-refractivity contribution is 7.70. The van der Waals surface area contributed by atoms with Gasteiger partial charge in [0.15, 0.2) is 41.8 Å². The Balaban J connectivity index is 2.18. The zero-order valence-corrected chi connectivity index (χ0v) is 24.5. The van der Waals surface area contributed by atoms with E-state index in [1.807, 2.05) is 0 Å². The summed E-state index contributed by atoms with van der Waals surface area (Å²) in [6.07, 6.45) is 0. The van der Waals surface area contributed by atoms with Gasteiger partial charge in [-0.15, -0.1) is 10.9 Å². The molecule has 0 heterocycles. The molecule has 0 atom stereocenters. The van der Waals surface area contributed by atoms with Crippen LogP contribution < -0.4 is 21.5 Å². The molecule has 4 aromatic rings. The van der Waals surface area contributed by atoms with Gasteiger partial charge in [0.05, 0.1) is 0 Å². The Hall–Kier alpha value is -3.37. The molecule has 0 saturated carbocycles. The lowest BCUT2D eigenvalue weighted by Gasteiger charge is -2.37. The van der Waals surface area contributed by atoms with Crippen molar-refractivity contribution in [1.29, 1.82) is 0 Å². The van der Waals surface area contributed by atoms with Crippen LogP contribution in [0.4, 0.5) is 43.9 Å². The van der Waals surface area contributed by atoms with Gasteiger partial charge in [-0.2, -0.15) is 0 Å². The van der Waals surface area contributed by atoms with Gasteiger partial charge in [0.25, 0.3) is 0 Å². The first-order valence-electron chi connectivity index (χ1n) is 12.8. The average Bonchev–Trinajstić information content (AvgIpc) is 2.91. The third-order valence-electron chi connectivity index (χ3n) is 7.18. The zero-order valence-electron chi connectivity index (χ0n) is 23.7. The van der Waals surface area contributed by atoms with Crippen LogP contribution >= 0.6 is 8.15 Å². The first kappa shape index (κ1) is 32.5. The third-order valence-corrected chi connectivity index (χ3v) is 9.92. The first-order chi connectivity index (χ1) is 20.0. The molecule has 0 bridgehead atoms. The molecule has 0 aromatic heterocycles. The Kier molecular flexibility index (Phi) is 9.05. The molecule has 0 spiro atoms. The molecule has 0 aliphatic heterocycles. The Bertz CT molecular complexity index is 1560. The third kappa shape index (κ3) is 5.55. The van der Waals surface area contributed by atoms with Crippen molar-refractivity contribution >= 4 is 36.6 Å². The van der Waals surface area contributed by atoms with Crippen LogP contribution in [0.5, 0.6) is 0 Å². The quantitative estimate of drug-likeness (QED) is 0.0746. The van der Waals surface area contributed by atoms with E-state index >= 15 is 17.6 Å². The van der Waals surface area contributed by atoms with Crippen molar-refractivity contribution in [1.82, 2.24) is 0 Å². The van der Waals surface area contributed by atoms with E-state index in [0.29, 0.717) is 32.9 Å². The van der Waals surface area contributed by atoms with Crippen LogP contribution in [0.3, 0.4) is 0 Å². The number of rotatable bonds is 6. The predicted octanol–water partition coefficient (Wildman–Crippen LogP) is 6.83. The van der Waals surface area contributed by atoms with Crippen LogP contribution in [-0.2, 0) is 4.44 Å². The lowest BCUT2D eigenvalue weighted by molar-refractivity contribution is 0.380. The average molecular weight is 631 g/mol. The topological polar surface area (TPSA) is 9.23 Å². The van der Waals surface area contributed by atoms with E-state index in [-0.39, 0.29) is 0 Å². The fraction of sp³-hybridized carbons (Fsp3) is 0.200. The van der Waals surface area contributed by atoms with E-state index in [2.05, 4.69) is 0 Å². The van der Waals surface area contributed by atoms with Gasteiger partial charge in [-0.1, -0.05) is 35.4 Å². The lowest BCUT2D eigenvalue weighted by Crippen LogP contribution is -2.53. The van der Waals surface area contributed by atoms with Gasteiger partial charge in [0.2, 0.25) is 0 Å². The molecule has 4 aromatic carbocycles. The Labute approximate surface area is 242 Å². The second-order valence-electron chi connectivity index (χ2n) is 10.5. The predicted molar refractivity (Wildman–Crippen MR) is 147 cm³/mol. The molecule has 0 saturated heterocycles. The molecule has 0 N–H and O–H groups in total. The van der Waals surface area contributed by atoms with E-state index in [1.54, 1.807) is 65.8 Å². The minimum atomic E-state index is -4.21. The summed E-state index contributed by atoms with van der Waals surface area (Å²) in [5.41, 5.74) is 0.0525. The van der Waals surface area contributed by atoms with E-state index < -0.39 is 84.2 Å². The maximum Gasteiger partial charge on any atom is 0.200 e. The summed E-state index contributed by atoms with van der Waals surface area (Å²) in [5, 5.41) is 0.724. The molecule has 4 rings (SSSR count). The van der Waals surface area contributed by atoms with Crippen LogP contribution in [0.1, 0.15) is 33.4 Å². The Morgan fingerprint density at radius 2 is 0.651 bits per heavy atom. The van der Waals surface area contributed by atoms with Crippen molar-refractivity contribution in [3.8, 4) is 0 Å². The second kappa shape index (κ2) is 12.0. The van der Waals surface area contributed by atoms with Gasteiger partial charge < -0.3 is 4.44 Å². The number of hydrogen-bond acceptors (Lipinski definition) is 1. The molecular formula is C30H23BF10OP-. The van der Waals surface area contributed by atoms with Crippen molar-refractivity contribution in [2.24, 2.45) is 0 Å². The van der Waals surface area contributed by atoms with E-state index in [1.165, 1.54) is 0 Å². The largest absolute Gasteiger partial charge is 0.557 e. The highest BCUT2D eigenvalue weighted by Gasteiger charge is 2.36. The molecule has 228 valence electrons. The standard InChI is InChI=1S/C30H23BF10OP/c1-11-7-13(3)29(14(4)8-11)43(30-15(5)9-12(2)10-16(30)6)42-31(17-19(32)23(36)27(40)24(37)20(17)33)18-21(34)25(38)28(41)26(39)22(18)35/h7-10,31H,1-6H3/q-1. The Morgan fingerprint density at radius 1 is 0.419 bits per heavy atom. The van der Waals surface area contributed by atoms with Crippen molar-refractivity contribution in [3.05, 3.63) is 116 Å². The van der Waals surface area contributed by atoms with Crippen LogP contribution in [0.2, 0.25) is 0 Å². The summed E-state index contributed by atoms with van der Waals surface area (Å²) in [7, 11) is -2.46. The van der Waals surface area contributed by atoms with E-state index in [0.717, 1.165) is 11.1 Å². The minimum Gasteiger partial charge on any atom is -0.557 e. The van der Waals surface area contributed by atoms with Crippen LogP contribution in [0.15, 0.2) is 24.3 Å². The summed E-state index contributed by atoms with van der Waals surface area (Å²) in [4.78, 5) is 0. The lowest BCUT2D eigenvalue weighted by atomic mass is 9.54. The highest BCUT2D eigenvalue weighted by Crippen LogP contribution is 2.42. The molecule has 1 nitrogen and oxygen atoms in total. The van der Waals surface area contributed by atoms with Crippen molar-refractivity contribution in [2.75, 3.05) is 0 Å². The first-order valence-corrected chi connectivity index (χ1v) is 14.1. The highest BCUT2D eigenvalue weighted by atomic mass is 31.1. The van der Waals surface area contributed by atoms with Gasteiger partial charge >= 0.3 is 0 Å². The maximum absolute atomic E-state index is 15.3. The smallest absolute Gasteiger partial charge is 0.200 e. The molecule has 0 radical (unpaired) electrons. The van der Waals surface area contributed by atoms with Gasteiger partial charge in [0, 0.05) is 18.8 Å². The molecule has 0 aliphatic carbocycles. The molecule has 13 heteroatoms. The fourth-order valence-corrected chi connectivity index (χ4v) is 8.06. The summed E-state index contributed by atoms with van der Waals surface area (Å²) in [6, 6.07) is 6.84. The molecular weight excluding hydrogens is 608 g/mol. The molecule has 0 amide bonds. The van der Waals surface area contributed by atoms with Gasteiger partial charge in [0.1, 0.15) is 23.3 Å². The van der Waals surface area contributed by atoms with Crippen molar-refractivity contribution in [3.63, 3.8) is 0 Å². The van der Waals surface area contributed by atoms with Crippen molar-refractivity contribution in [2.45, 2.75) is 41.5 Å². The minimum absolute atomic E-state index is 0.362. The van der Waals surface area contributed by atoms with Crippen LogP contribution in [0.25, 0.3) is 0 Å². The van der Waals surface area contributed by atoms with Gasteiger partial charge in [-0.3, -0.25) is 0 Å². The van der Waals surface area contributed by atoms with Crippen molar-refractivity contribution < 1.29 is 48.3 Å². The monoisotopic (exact) mass is 631 g/mol. The van der Waals surface area contributed by atoms with Gasteiger partial charge in [-0.25, -0.2) is 43.9 Å². The molecule has 43 heavy (non-hydrogen) atoms. The summed E-state index contributed by atoms with van der Waals surface area (Å²) < 4.78 is 153. The fourth-order valence-electron chi connectivity index (χ4n) is 5.53. The number of hydrogen-bond donors (Lipinski definition) is 0.